The third kappa shape index (κ3) is 2.09. The first-order valence-corrected chi connectivity index (χ1v) is 7.01. The molecule has 0 aromatic heterocycles. The Bertz CT molecular complexity index is 438. The molecule has 1 aliphatic heterocycles. The number of nitrogens with one attached hydrogen (secondary N) is 1. The predicted molar refractivity (Wildman–Crippen MR) is 73.9 cm³/mol. The van der Waals surface area contributed by atoms with Crippen LogP contribution in [0.25, 0.3) is 0 Å². The average molecular weight is 244 g/mol. The van der Waals surface area contributed by atoms with Gasteiger partial charge in [0.05, 0.1) is 11.4 Å². The lowest BCUT2D eigenvalue weighted by atomic mass is 10.1. The van der Waals surface area contributed by atoms with Crippen molar-refractivity contribution >= 4 is 17.3 Å². The fourth-order valence-corrected chi connectivity index (χ4v) is 3.11. The van der Waals surface area contributed by atoms with E-state index in [1.807, 2.05) is 12.1 Å². The van der Waals surface area contributed by atoms with Crippen molar-refractivity contribution in [3.63, 3.8) is 0 Å². The smallest absolute Gasteiger partial charge is 0.227 e. The highest BCUT2D eigenvalue weighted by Crippen LogP contribution is 2.34. The van der Waals surface area contributed by atoms with E-state index in [-0.39, 0.29) is 0 Å². The van der Waals surface area contributed by atoms with Crippen LogP contribution in [0.2, 0.25) is 0 Å². The lowest BCUT2D eigenvalue weighted by molar-refractivity contribution is -0.119. The molecule has 1 fully saturated rings. The molecule has 3 rings (SSSR count). The first-order chi connectivity index (χ1) is 8.86. The number of hydrogen-bond acceptors (Lipinski definition) is 2. The van der Waals surface area contributed by atoms with Crippen LogP contribution < -0.4 is 10.2 Å². The highest BCUT2D eigenvalue weighted by atomic mass is 16.2. The third-order valence-corrected chi connectivity index (χ3v) is 4.00. The van der Waals surface area contributed by atoms with Crippen LogP contribution in [0, 0.1) is 0 Å². The standard InChI is InChI=1S/C15H20N2O/c18-15-10-5-11-16-13-8-3-4-9-14(13)17(15)12-6-1-2-7-12/h3-4,8-9,12,16H,1-2,5-7,10-11H2. The number of rotatable bonds is 1. The van der Waals surface area contributed by atoms with Crippen LogP contribution in [-0.2, 0) is 4.79 Å². The van der Waals surface area contributed by atoms with Gasteiger partial charge in [0.15, 0.2) is 0 Å². The molecule has 96 valence electrons. The molecule has 0 unspecified atom stereocenters. The van der Waals surface area contributed by atoms with Crippen molar-refractivity contribution in [3.8, 4) is 0 Å². The number of fused-ring (bicyclic) bond motifs is 1. The lowest BCUT2D eigenvalue weighted by Crippen LogP contribution is -2.40. The molecule has 0 bridgehead atoms. The molecule has 1 N–H and O–H groups in total. The normalized spacial score (nSPS) is 21.1. The molecular weight excluding hydrogens is 224 g/mol. The van der Waals surface area contributed by atoms with Crippen molar-refractivity contribution in [1.29, 1.82) is 0 Å². The number of hydrogen-bond donors (Lipinski definition) is 1. The van der Waals surface area contributed by atoms with Gasteiger partial charge in [-0.3, -0.25) is 4.79 Å². The summed E-state index contributed by atoms with van der Waals surface area (Å²) >= 11 is 0. The Balaban J connectivity index is 1.99. The van der Waals surface area contributed by atoms with Gasteiger partial charge in [-0.2, -0.15) is 0 Å². The molecular formula is C15H20N2O. The van der Waals surface area contributed by atoms with Gasteiger partial charge in [0.2, 0.25) is 5.91 Å². The maximum Gasteiger partial charge on any atom is 0.227 e. The molecule has 18 heavy (non-hydrogen) atoms. The van der Waals surface area contributed by atoms with E-state index in [4.69, 9.17) is 0 Å². The SMILES string of the molecule is O=C1CCCNc2ccccc2N1C1CCCC1. The second kappa shape index (κ2) is 5.01. The van der Waals surface area contributed by atoms with Gasteiger partial charge < -0.3 is 10.2 Å². The van der Waals surface area contributed by atoms with Crippen LogP contribution >= 0.6 is 0 Å². The summed E-state index contributed by atoms with van der Waals surface area (Å²) < 4.78 is 0. The quantitative estimate of drug-likeness (QED) is 0.823. The van der Waals surface area contributed by atoms with Crippen LogP contribution in [0.3, 0.4) is 0 Å². The summed E-state index contributed by atoms with van der Waals surface area (Å²) in [5, 5.41) is 3.45. The minimum absolute atomic E-state index is 0.302. The van der Waals surface area contributed by atoms with Gasteiger partial charge in [0.1, 0.15) is 0 Å². The Hall–Kier alpha value is -1.51. The van der Waals surface area contributed by atoms with Gasteiger partial charge in [-0.1, -0.05) is 25.0 Å². The van der Waals surface area contributed by atoms with E-state index >= 15 is 0 Å². The van der Waals surface area contributed by atoms with Crippen LogP contribution in [0.15, 0.2) is 24.3 Å². The fraction of sp³-hybridized carbons (Fsp3) is 0.533. The first-order valence-electron chi connectivity index (χ1n) is 7.01. The van der Waals surface area contributed by atoms with E-state index < -0.39 is 0 Å². The summed E-state index contributed by atoms with van der Waals surface area (Å²) in [6.45, 7) is 0.890. The number of carbonyl (C=O) groups excluding carboxylic acids is 1. The highest BCUT2D eigenvalue weighted by Gasteiger charge is 2.29. The van der Waals surface area contributed by atoms with E-state index in [0.717, 1.165) is 37.2 Å². The molecule has 0 spiro atoms. The monoisotopic (exact) mass is 244 g/mol. The Morgan fingerprint density at radius 1 is 1.11 bits per heavy atom. The van der Waals surface area contributed by atoms with E-state index in [1.165, 1.54) is 12.8 Å². The number of para-hydroxylation sites is 2. The molecule has 1 aliphatic carbocycles. The van der Waals surface area contributed by atoms with E-state index in [2.05, 4.69) is 22.3 Å². The van der Waals surface area contributed by atoms with E-state index in [0.29, 0.717) is 18.4 Å². The minimum Gasteiger partial charge on any atom is -0.383 e. The van der Waals surface area contributed by atoms with Gasteiger partial charge in [-0.25, -0.2) is 0 Å². The Morgan fingerprint density at radius 2 is 1.89 bits per heavy atom. The van der Waals surface area contributed by atoms with Crippen LogP contribution in [-0.4, -0.2) is 18.5 Å². The summed E-state index contributed by atoms with van der Waals surface area (Å²) in [7, 11) is 0. The second-order valence-corrected chi connectivity index (χ2v) is 5.25. The van der Waals surface area contributed by atoms with Crippen molar-refractivity contribution in [3.05, 3.63) is 24.3 Å². The van der Waals surface area contributed by atoms with Gasteiger partial charge in [0.25, 0.3) is 0 Å². The molecule has 1 aromatic rings. The maximum absolute atomic E-state index is 12.4. The zero-order valence-electron chi connectivity index (χ0n) is 10.7. The number of amides is 1. The molecule has 0 atom stereocenters. The van der Waals surface area contributed by atoms with Crippen molar-refractivity contribution in [2.75, 3.05) is 16.8 Å². The third-order valence-electron chi connectivity index (χ3n) is 4.00. The highest BCUT2D eigenvalue weighted by molar-refractivity contribution is 5.97. The molecule has 1 heterocycles. The molecule has 2 aliphatic rings. The molecule has 3 heteroatoms. The summed E-state index contributed by atoms with van der Waals surface area (Å²) in [6.07, 6.45) is 6.41. The van der Waals surface area contributed by atoms with Crippen LogP contribution in [0.1, 0.15) is 38.5 Å². The van der Waals surface area contributed by atoms with Gasteiger partial charge in [-0.15, -0.1) is 0 Å². The van der Waals surface area contributed by atoms with Crippen molar-refractivity contribution in [1.82, 2.24) is 0 Å². The molecule has 1 saturated carbocycles. The molecule has 0 saturated heterocycles. The van der Waals surface area contributed by atoms with Gasteiger partial charge in [-0.05, 0) is 31.4 Å². The van der Waals surface area contributed by atoms with Gasteiger partial charge >= 0.3 is 0 Å². The molecule has 1 aromatic carbocycles. The van der Waals surface area contributed by atoms with E-state index in [1.54, 1.807) is 0 Å². The Labute approximate surface area is 108 Å². The number of anilines is 2. The number of nitrogens with zero attached hydrogens (tertiary/aromatic N) is 1. The number of carbonyl (C=O) groups is 1. The first kappa shape index (κ1) is 11.6. The Morgan fingerprint density at radius 3 is 2.72 bits per heavy atom. The lowest BCUT2D eigenvalue weighted by Gasteiger charge is -2.32. The minimum atomic E-state index is 0.302. The Kier molecular flexibility index (Phi) is 3.22. The molecule has 0 radical (unpaired) electrons. The van der Waals surface area contributed by atoms with Crippen molar-refractivity contribution in [2.24, 2.45) is 0 Å². The topological polar surface area (TPSA) is 32.3 Å². The fourth-order valence-electron chi connectivity index (χ4n) is 3.11. The molecule has 1 amide bonds. The molecule has 3 nitrogen and oxygen atoms in total. The van der Waals surface area contributed by atoms with Crippen LogP contribution in [0.5, 0.6) is 0 Å². The summed E-state index contributed by atoms with van der Waals surface area (Å²) in [5.41, 5.74) is 2.19. The summed E-state index contributed by atoms with van der Waals surface area (Å²) in [4.78, 5) is 14.5. The maximum atomic E-state index is 12.4. The zero-order chi connectivity index (χ0) is 12.4. The largest absolute Gasteiger partial charge is 0.383 e. The predicted octanol–water partition coefficient (Wildman–Crippen LogP) is 3.17. The average Bonchev–Trinajstić information content (AvgIpc) is 2.88. The second-order valence-electron chi connectivity index (χ2n) is 5.25. The zero-order valence-corrected chi connectivity index (χ0v) is 10.7. The summed E-state index contributed by atoms with van der Waals surface area (Å²) in [5.74, 6) is 0.302. The van der Waals surface area contributed by atoms with Crippen molar-refractivity contribution in [2.45, 2.75) is 44.6 Å². The van der Waals surface area contributed by atoms with Gasteiger partial charge in [0, 0.05) is 19.0 Å². The summed E-state index contributed by atoms with van der Waals surface area (Å²) in [6, 6.07) is 8.63. The van der Waals surface area contributed by atoms with Crippen LogP contribution in [0.4, 0.5) is 11.4 Å². The van der Waals surface area contributed by atoms with Crippen molar-refractivity contribution < 1.29 is 4.79 Å². The number of benzene rings is 1. The van der Waals surface area contributed by atoms with E-state index in [9.17, 15) is 4.79 Å².